The lowest BCUT2D eigenvalue weighted by Crippen LogP contribution is -2.20. The van der Waals surface area contributed by atoms with Gasteiger partial charge in [-0.25, -0.2) is 0 Å². The highest BCUT2D eigenvalue weighted by Gasteiger charge is 2.19. The van der Waals surface area contributed by atoms with Crippen LogP contribution in [-0.2, 0) is 13.0 Å². The predicted molar refractivity (Wildman–Crippen MR) is 92.2 cm³/mol. The van der Waals surface area contributed by atoms with Crippen LogP contribution in [0, 0.1) is 6.92 Å². The van der Waals surface area contributed by atoms with Crippen LogP contribution in [0.4, 0.5) is 0 Å². The van der Waals surface area contributed by atoms with E-state index in [0.717, 1.165) is 40.4 Å². The minimum absolute atomic E-state index is 0.367. The zero-order valence-corrected chi connectivity index (χ0v) is 15.0. The molecule has 0 aliphatic carbocycles. The predicted octanol–water partition coefficient (Wildman–Crippen LogP) is 4.17. The molecule has 0 fully saturated rings. The Bertz CT molecular complexity index is 610. The Balaban J connectivity index is 2.32. The van der Waals surface area contributed by atoms with Gasteiger partial charge in [-0.15, -0.1) is 0 Å². The van der Waals surface area contributed by atoms with Gasteiger partial charge in [0.2, 0.25) is 0 Å². The second kappa shape index (κ2) is 7.43. The van der Waals surface area contributed by atoms with Crippen molar-refractivity contribution in [1.29, 1.82) is 0 Å². The summed E-state index contributed by atoms with van der Waals surface area (Å²) in [6.07, 6.45) is 0.880. The molecule has 0 radical (unpaired) electrons. The van der Waals surface area contributed by atoms with Gasteiger partial charge in [0.15, 0.2) is 0 Å². The average Bonchev–Trinajstić information content (AvgIpc) is 2.74. The molecule has 1 unspecified atom stereocenters. The number of hydrogen-bond acceptors (Lipinski definition) is 2. The third kappa shape index (κ3) is 3.87. The van der Waals surface area contributed by atoms with E-state index in [0.29, 0.717) is 5.92 Å². The van der Waals surface area contributed by atoms with Crippen LogP contribution < -0.4 is 5.32 Å². The summed E-state index contributed by atoms with van der Waals surface area (Å²) in [6, 6.07) is 8.47. The van der Waals surface area contributed by atoms with Gasteiger partial charge in [-0.05, 0) is 45.0 Å². The van der Waals surface area contributed by atoms with Gasteiger partial charge in [-0.3, -0.25) is 4.68 Å². The van der Waals surface area contributed by atoms with Gasteiger partial charge in [0.1, 0.15) is 0 Å². The normalized spacial score (nSPS) is 12.6. The van der Waals surface area contributed by atoms with Crippen molar-refractivity contribution in [3.8, 4) is 0 Å². The molecule has 0 amide bonds. The van der Waals surface area contributed by atoms with Crippen molar-refractivity contribution in [3.05, 3.63) is 50.7 Å². The molecular formula is C16H21BrClN3. The molecule has 0 spiro atoms. The summed E-state index contributed by atoms with van der Waals surface area (Å²) in [5, 5.41) is 8.59. The molecule has 0 aliphatic heterocycles. The highest BCUT2D eigenvalue weighted by molar-refractivity contribution is 9.10. The lowest BCUT2D eigenvalue weighted by molar-refractivity contribution is 0.563. The van der Waals surface area contributed by atoms with Gasteiger partial charge in [-0.2, -0.15) is 5.10 Å². The number of aromatic nitrogens is 2. The SMILES string of the molecule is CCn1nc(C)c(Cl)c1CC(CNC)c1cccc(Br)c1. The summed E-state index contributed by atoms with van der Waals surface area (Å²) < 4.78 is 3.12. The molecule has 2 rings (SSSR count). The summed E-state index contributed by atoms with van der Waals surface area (Å²) >= 11 is 9.99. The van der Waals surface area contributed by atoms with Crippen LogP contribution in [0.25, 0.3) is 0 Å². The number of nitrogens with one attached hydrogen (secondary N) is 1. The number of halogens is 2. The minimum Gasteiger partial charge on any atom is -0.319 e. The van der Waals surface area contributed by atoms with Crippen molar-refractivity contribution in [2.75, 3.05) is 13.6 Å². The van der Waals surface area contributed by atoms with E-state index in [1.54, 1.807) is 0 Å². The van der Waals surface area contributed by atoms with Crippen LogP contribution in [0.3, 0.4) is 0 Å². The van der Waals surface area contributed by atoms with E-state index < -0.39 is 0 Å². The summed E-state index contributed by atoms with van der Waals surface area (Å²) in [6.45, 7) is 5.80. The summed E-state index contributed by atoms with van der Waals surface area (Å²) in [5.74, 6) is 0.367. The second-order valence-electron chi connectivity index (χ2n) is 5.18. The molecule has 1 atom stereocenters. The van der Waals surface area contributed by atoms with Crippen LogP contribution in [0.2, 0.25) is 5.02 Å². The van der Waals surface area contributed by atoms with Gasteiger partial charge in [0, 0.05) is 23.5 Å². The van der Waals surface area contributed by atoms with E-state index in [4.69, 9.17) is 11.6 Å². The van der Waals surface area contributed by atoms with E-state index >= 15 is 0 Å². The van der Waals surface area contributed by atoms with Crippen molar-refractivity contribution in [1.82, 2.24) is 15.1 Å². The Morgan fingerprint density at radius 2 is 2.19 bits per heavy atom. The molecule has 1 N–H and O–H groups in total. The van der Waals surface area contributed by atoms with E-state index in [9.17, 15) is 0 Å². The van der Waals surface area contributed by atoms with Crippen LogP contribution in [0.15, 0.2) is 28.7 Å². The fourth-order valence-corrected chi connectivity index (χ4v) is 3.24. The number of rotatable bonds is 6. The number of nitrogens with zero attached hydrogens (tertiary/aromatic N) is 2. The first-order chi connectivity index (χ1) is 10.1. The van der Waals surface area contributed by atoms with Crippen molar-refractivity contribution >= 4 is 27.5 Å². The molecule has 0 saturated heterocycles. The van der Waals surface area contributed by atoms with Crippen molar-refractivity contribution in [2.24, 2.45) is 0 Å². The van der Waals surface area contributed by atoms with Crippen LogP contribution in [-0.4, -0.2) is 23.4 Å². The summed E-state index contributed by atoms with van der Waals surface area (Å²) in [7, 11) is 1.98. The molecule has 0 saturated carbocycles. The fourth-order valence-electron chi connectivity index (χ4n) is 2.61. The zero-order valence-electron chi connectivity index (χ0n) is 12.7. The fraction of sp³-hybridized carbons (Fsp3) is 0.438. The smallest absolute Gasteiger partial charge is 0.0847 e. The highest BCUT2D eigenvalue weighted by atomic mass is 79.9. The standard InChI is InChI=1S/C16H21BrClN3/c1-4-21-15(16(18)11(2)20-21)9-13(10-19-3)12-6-5-7-14(17)8-12/h5-8,13,19H,4,9-10H2,1-3H3. The maximum absolute atomic E-state index is 6.44. The number of likely N-dealkylation sites (N-methyl/N-ethyl adjacent to an activating group) is 1. The van der Waals surface area contributed by atoms with Crippen molar-refractivity contribution < 1.29 is 0 Å². The number of aryl methyl sites for hydroxylation is 2. The molecule has 0 bridgehead atoms. The molecule has 3 nitrogen and oxygen atoms in total. The van der Waals surface area contributed by atoms with Gasteiger partial charge in [0.05, 0.1) is 16.4 Å². The van der Waals surface area contributed by atoms with E-state index in [-0.39, 0.29) is 0 Å². The molecule has 1 aromatic heterocycles. The molecule has 1 heterocycles. The van der Waals surface area contributed by atoms with Crippen molar-refractivity contribution in [2.45, 2.75) is 32.7 Å². The second-order valence-corrected chi connectivity index (χ2v) is 6.47. The van der Waals surface area contributed by atoms with E-state index in [2.05, 4.69) is 51.5 Å². The molecule has 1 aromatic carbocycles. The number of hydrogen-bond donors (Lipinski definition) is 1. The third-order valence-corrected chi connectivity index (χ3v) is 4.65. The average molecular weight is 371 g/mol. The zero-order chi connectivity index (χ0) is 15.4. The first kappa shape index (κ1) is 16.5. The van der Waals surface area contributed by atoms with Crippen molar-refractivity contribution in [3.63, 3.8) is 0 Å². The van der Waals surface area contributed by atoms with Gasteiger partial charge >= 0.3 is 0 Å². The lowest BCUT2D eigenvalue weighted by atomic mass is 9.94. The quantitative estimate of drug-likeness (QED) is 0.827. The number of benzene rings is 1. The monoisotopic (exact) mass is 369 g/mol. The van der Waals surface area contributed by atoms with Crippen LogP contribution >= 0.6 is 27.5 Å². The molecule has 2 aromatic rings. The summed E-state index contributed by atoms with van der Waals surface area (Å²) in [4.78, 5) is 0. The molecule has 21 heavy (non-hydrogen) atoms. The van der Waals surface area contributed by atoms with Crippen LogP contribution in [0.5, 0.6) is 0 Å². The van der Waals surface area contributed by atoms with Crippen LogP contribution in [0.1, 0.15) is 29.8 Å². The Morgan fingerprint density at radius 1 is 1.43 bits per heavy atom. The summed E-state index contributed by atoms with van der Waals surface area (Å²) in [5.41, 5.74) is 3.33. The third-order valence-electron chi connectivity index (χ3n) is 3.66. The highest BCUT2D eigenvalue weighted by Crippen LogP contribution is 2.28. The lowest BCUT2D eigenvalue weighted by Gasteiger charge is -2.18. The first-order valence-electron chi connectivity index (χ1n) is 7.18. The Kier molecular flexibility index (Phi) is 5.85. The van der Waals surface area contributed by atoms with E-state index in [1.807, 2.05) is 24.7 Å². The Labute approximate surface area is 139 Å². The molecule has 0 aliphatic rings. The minimum atomic E-state index is 0.367. The maximum Gasteiger partial charge on any atom is 0.0847 e. The molecule has 114 valence electrons. The Morgan fingerprint density at radius 3 is 2.81 bits per heavy atom. The largest absolute Gasteiger partial charge is 0.319 e. The van der Waals surface area contributed by atoms with Gasteiger partial charge in [0.25, 0.3) is 0 Å². The molecule has 5 heteroatoms. The van der Waals surface area contributed by atoms with E-state index in [1.165, 1.54) is 5.56 Å². The maximum atomic E-state index is 6.44. The first-order valence-corrected chi connectivity index (χ1v) is 8.35. The van der Waals surface area contributed by atoms with Gasteiger partial charge in [-0.1, -0.05) is 39.7 Å². The Hall–Kier alpha value is -0.840. The van der Waals surface area contributed by atoms with Gasteiger partial charge < -0.3 is 5.32 Å². The molecular weight excluding hydrogens is 350 g/mol. The topological polar surface area (TPSA) is 29.9 Å².